The maximum absolute atomic E-state index is 12.1. The number of hydrogen-bond acceptors (Lipinski definition) is 4. The highest BCUT2D eigenvalue weighted by Crippen LogP contribution is 2.06. The minimum atomic E-state index is -0.438. The van der Waals surface area contributed by atoms with E-state index in [1.54, 1.807) is 4.90 Å². The van der Waals surface area contributed by atoms with Crippen molar-refractivity contribution in [2.24, 2.45) is 5.92 Å². The summed E-state index contributed by atoms with van der Waals surface area (Å²) in [5.41, 5.74) is 0.937. The molecule has 5 heteroatoms. The molecule has 0 rings (SSSR count). The molecule has 0 aromatic carbocycles. The summed E-state index contributed by atoms with van der Waals surface area (Å²) >= 11 is 0. The molecule has 0 bridgehead atoms. The second-order valence-corrected chi connectivity index (χ2v) is 5.45. The van der Waals surface area contributed by atoms with Gasteiger partial charge in [-0.15, -0.1) is 0 Å². The minimum absolute atomic E-state index is 0.0341. The van der Waals surface area contributed by atoms with Crippen LogP contribution in [0.4, 0.5) is 0 Å². The number of methoxy groups -OCH3 is 1. The molecule has 0 aromatic heterocycles. The van der Waals surface area contributed by atoms with Crippen LogP contribution < -0.4 is 5.32 Å². The van der Waals surface area contributed by atoms with Crippen LogP contribution >= 0.6 is 0 Å². The van der Waals surface area contributed by atoms with Crippen molar-refractivity contribution in [3.8, 4) is 0 Å². The summed E-state index contributed by atoms with van der Waals surface area (Å²) in [6.45, 7) is 13.0. The van der Waals surface area contributed by atoms with Crippen LogP contribution in [0.3, 0.4) is 0 Å². The van der Waals surface area contributed by atoms with Crippen LogP contribution in [0.25, 0.3) is 0 Å². The van der Waals surface area contributed by atoms with E-state index in [0.29, 0.717) is 25.4 Å². The molecule has 5 nitrogen and oxygen atoms in total. The lowest BCUT2D eigenvalue weighted by Gasteiger charge is -2.23. The fourth-order valence-electron chi connectivity index (χ4n) is 1.90. The van der Waals surface area contributed by atoms with Crippen molar-refractivity contribution in [2.75, 3.05) is 26.7 Å². The third-order valence-electron chi connectivity index (χ3n) is 2.89. The van der Waals surface area contributed by atoms with Crippen molar-refractivity contribution in [1.82, 2.24) is 10.2 Å². The van der Waals surface area contributed by atoms with E-state index in [-0.39, 0.29) is 18.4 Å². The SMILES string of the molecule is C=C(C)CN(CC)C(=O)CNC(CC(C)C)C(=O)OC. The lowest BCUT2D eigenvalue weighted by Crippen LogP contribution is -2.45. The molecule has 1 atom stereocenters. The Morgan fingerprint density at radius 2 is 1.95 bits per heavy atom. The fourth-order valence-corrected chi connectivity index (χ4v) is 1.90. The predicted molar refractivity (Wildman–Crippen MR) is 80.3 cm³/mol. The summed E-state index contributed by atoms with van der Waals surface area (Å²) in [5, 5.41) is 2.99. The van der Waals surface area contributed by atoms with Gasteiger partial charge in [0, 0.05) is 13.1 Å². The number of esters is 1. The van der Waals surface area contributed by atoms with Crippen LogP contribution in [0.2, 0.25) is 0 Å². The molecule has 0 saturated carbocycles. The summed E-state index contributed by atoms with van der Waals surface area (Å²) in [5.74, 6) is -0.0120. The van der Waals surface area contributed by atoms with E-state index >= 15 is 0 Å². The zero-order valence-corrected chi connectivity index (χ0v) is 13.4. The van der Waals surface area contributed by atoms with Gasteiger partial charge in [-0.2, -0.15) is 0 Å². The standard InChI is InChI=1S/C15H28N2O3/c1-7-17(10-12(4)5)14(18)9-16-13(8-11(2)3)15(19)20-6/h11,13,16H,4,7-10H2,1-3,5-6H3. The van der Waals surface area contributed by atoms with Crippen molar-refractivity contribution in [1.29, 1.82) is 0 Å². The number of amides is 1. The first kappa shape index (κ1) is 18.6. The highest BCUT2D eigenvalue weighted by molar-refractivity contribution is 5.80. The van der Waals surface area contributed by atoms with Gasteiger partial charge in [0.25, 0.3) is 0 Å². The van der Waals surface area contributed by atoms with Crippen LogP contribution in [0.5, 0.6) is 0 Å². The zero-order chi connectivity index (χ0) is 15.7. The second-order valence-electron chi connectivity index (χ2n) is 5.45. The van der Waals surface area contributed by atoms with E-state index in [9.17, 15) is 9.59 Å². The average molecular weight is 284 g/mol. The highest BCUT2D eigenvalue weighted by atomic mass is 16.5. The molecule has 0 aliphatic carbocycles. The zero-order valence-electron chi connectivity index (χ0n) is 13.4. The van der Waals surface area contributed by atoms with E-state index in [2.05, 4.69) is 11.9 Å². The number of likely N-dealkylation sites (N-methyl/N-ethyl adjacent to an activating group) is 1. The van der Waals surface area contributed by atoms with Gasteiger partial charge in [0.05, 0.1) is 13.7 Å². The summed E-state index contributed by atoms with van der Waals surface area (Å²) in [4.78, 5) is 25.4. The Labute approximate surface area is 122 Å². The smallest absolute Gasteiger partial charge is 0.322 e. The highest BCUT2D eigenvalue weighted by Gasteiger charge is 2.22. The Hall–Kier alpha value is -1.36. The Kier molecular flexibility index (Phi) is 8.88. The molecule has 1 unspecified atom stereocenters. The molecular formula is C15H28N2O3. The van der Waals surface area contributed by atoms with Gasteiger partial charge < -0.3 is 9.64 Å². The summed E-state index contributed by atoms with van der Waals surface area (Å²) in [6, 6.07) is -0.438. The van der Waals surface area contributed by atoms with Gasteiger partial charge in [-0.05, 0) is 26.2 Å². The monoisotopic (exact) mass is 284 g/mol. The van der Waals surface area contributed by atoms with Gasteiger partial charge in [0.1, 0.15) is 6.04 Å². The van der Waals surface area contributed by atoms with Gasteiger partial charge in [-0.3, -0.25) is 14.9 Å². The molecule has 0 spiro atoms. The lowest BCUT2D eigenvalue weighted by atomic mass is 10.0. The number of carbonyl (C=O) groups excluding carboxylic acids is 2. The molecule has 1 amide bonds. The summed E-state index contributed by atoms with van der Waals surface area (Å²) in [7, 11) is 1.36. The maximum Gasteiger partial charge on any atom is 0.322 e. The van der Waals surface area contributed by atoms with Crippen molar-refractivity contribution in [2.45, 2.75) is 40.2 Å². The van der Waals surface area contributed by atoms with Gasteiger partial charge in [0.2, 0.25) is 5.91 Å². The number of hydrogen-bond donors (Lipinski definition) is 1. The Bertz CT molecular complexity index is 340. The first-order valence-corrected chi connectivity index (χ1v) is 7.05. The molecule has 0 heterocycles. The van der Waals surface area contributed by atoms with E-state index in [1.165, 1.54) is 7.11 Å². The van der Waals surface area contributed by atoms with Crippen molar-refractivity contribution < 1.29 is 14.3 Å². The van der Waals surface area contributed by atoms with E-state index < -0.39 is 6.04 Å². The molecule has 0 aromatic rings. The number of ether oxygens (including phenoxy) is 1. The van der Waals surface area contributed by atoms with Crippen molar-refractivity contribution >= 4 is 11.9 Å². The average Bonchev–Trinajstić information content (AvgIpc) is 2.38. The van der Waals surface area contributed by atoms with Crippen LogP contribution in [0.15, 0.2) is 12.2 Å². The molecule has 20 heavy (non-hydrogen) atoms. The third kappa shape index (κ3) is 7.28. The van der Waals surface area contributed by atoms with Gasteiger partial charge in [-0.1, -0.05) is 26.0 Å². The second kappa shape index (κ2) is 9.53. The Morgan fingerprint density at radius 1 is 1.35 bits per heavy atom. The topological polar surface area (TPSA) is 58.6 Å². The van der Waals surface area contributed by atoms with Gasteiger partial charge in [0.15, 0.2) is 0 Å². The minimum Gasteiger partial charge on any atom is -0.468 e. The molecule has 0 aliphatic heterocycles. The summed E-state index contributed by atoms with van der Waals surface area (Å²) in [6.07, 6.45) is 0.645. The normalized spacial score (nSPS) is 12.1. The third-order valence-corrected chi connectivity index (χ3v) is 2.89. The molecule has 0 radical (unpaired) electrons. The summed E-state index contributed by atoms with van der Waals surface area (Å²) < 4.78 is 4.76. The first-order valence-electron chi connectivity index (χ1n) is 7.05. The molecule has 0 saturated heterocycles. The quantitative estimate of drug-likeness (QED) is 0.516. The van der Waals surface area contributed by atoms with E-state index in [4.69, 9.17) is 4.74 Å². The van der Waals surface area contributed by atoms with Gasteiger partial charge >= 0.3 is 5.97 Å². The molecule has 116 valence electrons. The van der Waals surface area contributed by atoms with Crippen LogP contribution in [-0.4, -0.2) is 49.6 Å². The number of nitrogens with one attached hydrogen (secondary N) is 1. The molecule has 0 fully saturated rings. The van der Waals surface area contributed by atoms with Crippen molar-refractivity contribution in [3.63, 3.8) is 0 Å². The number of nitrogens with zero attached hydrogens (tertiary/aromatic N) is 1. The van der Waals surface area contributed by atoms with Crippen LogP contribution in [0, 0.1) is 5.92 Å². The largest absolute Gasteiger partial charge is 0.468 e. The fraction of sp³-hybridized carbons (Fsp3) is 0.733. The first-order chi connectivity index (χ1) is 9.31. The number of rotatable bonds is 9. The molecule has 0 aliphatic rings. The van der Waals surface area contributed by atoms with E-state index in [1.807, 2.05) is 27.7 Å². The molecular weight excluding hydrogens is 256 g/mol. The van der Waals surface area contributed by atoms with E-state index in [0.717, 1.165) is 5.57 Å². The number of carbonyl (C=O) groups is 2. The maximum atomic E-state index is 12.1. The lowest BCUT2D eigenvalue weighted by molar-refractivity contribution is -0.143. The van der Waals surface area contributed by atoms with Gasteiger partial charge in [-0.25, -0.2) is 0 Å². The van der Waals surface area contributed by atoms with Crippen molar-refractivity contribution in [3.05, 3.63) is 12.2 Å². The van der Waals surface area contributed by atoms with Crippen LogP contribution in [0.1, 0.15) is 34.1 Å². The molecule has 1 N–H and O–H groups in total. The Balaban J connectivity index is 4.48. The van der Waals surface area contributed by atoms with Crippen LogP contribution in [-0.2, 0) is 14.3 Å². The predicted octanol–water partition coefficient (Wildman–Crippen LogP) is 1.59. The Morgan fingerprint density at radius 3 is 2.35 bits per heavy atom.